The van der Waals surface area contributed by atoms with Crippen molar-refractivity contribution in [3.8, 4) is 0 Å². The monoisotopic (exact) mass is 248 g/mol. The summed E-state index contributed by atoms with van der Waals surface area (Å²) in [6, 6.07) is 6.53. The molecule has 0 radical (unpaired) electrons. The van der Waals surface area contributed by atoms with E-state index < -0.39 is 11.9 Å². The summed E-state index contributed by atoms with van der Waals surface area (Å²) in [6.45, 7) is 5.38. The Morgan fingerprint density at radius 2 is 1.78 bits per heavy atom. The van der Waals surface area contributed by atoms with E-state index in [-0.39, 0.29) is 5.97 Å². The van der Waals surface area contributed by atoms with E-state index in [0.29, 0.717) is 17.7 Å². The molecule has 1 aliphatic heterocycles. The molecule has 0 fully saturated rings. The van der Waals surface area contributed by atoms with Gasteiger partial charge in [-0.2, -0.15) is 0 Å². The summed E-state index contributed by atoms with van der Waals surface area (Å²) in [4.78, 5) is 31.7. The lowest BCUT2D eigenvalue weighted by Crippen LogP contribution is -1.97. The van der Waals surface area contributed by atoms with Gasteiger partial charge in [0, 0.05) is 6.08 Å². The van der Waals surface area contributed by atoms with Gasteiger partial charge in [-0.15, -0.1) is 0 Å². The van der Waals surface area contributed by atoms with E-state index >= 15 is 0 Å². The van der Waals surface area contributed by atoms with Gasteiger partial charge in [0.25, 0.3) is 0 Å². The van der Waals surface area contributed by atoms with Crippen molar-refractivity contribution in [1.29, 1.82) is 0 Å². The highest BCUT2D eigenvalue weighted by atomic mass is 16.6. The van der Waals surface area contributed by atoms with E-state index in [4.69, 9.17) is 0 Å². The molecule has 0 saturated heterocycles. The van der Waals surface area contributed by atoms with Crippen LogP contribution in [0.15, 0.2) is 36.9 Å². The van der Waals surface area contributed by atoms with Crippen molar-refractivity contribution in [2.75, 3.05) is 6.61 Å². The van der Waals surface area contributed by atoms with Crippen LogP contribution in [0.3, 0.4) is 0 Å². The maximum atomic E-state index is 10.8. The van der Waals surface area contributed by atoms with Gasteiger partial charge in [-0.3, -0.25) is 0 Å². The molecular formula is C13H12O5. The Kier molecular flexibility index (Phi) is 4.80. The number of fused-ring (bicyclic) bond motifs is 1. The summed E-state index contributed by atoms with van der Waals surface area (Å²) < 4.78 is 8.79. The van der Waals surface area contributed by atoms with E-state index in [1.807, 2.05) is 0 Å². The summed E-state index contributed by atoms with van der Waals surface area (Å²) in [7, 11) is 0. The van der Waals surface area contributed by atoms with Gasteiger partial charge in [0.2, 0.25) is 0 Å². The fourth-order valence-electron chi connectivity index (χ4n) is 1.23. The molecule has 0 aromatic heterocycles. The van der Waals surface area contributed by atoms with Gasteiger partial charge in [-0.05, 0) is 19.1 Å². The van der Waals surface area contributed by atoms with Crippen LogP contribution in [0, 0.1) is 0 Å². The number of hydrogen-bond acceptors (Lipinski definition) is 5. The molecule has 5 nitrogen and oxygen atoms in total. The average Bonchev–Trinajstić information content (AvgIpc) is 2.67. The summed E-state index contributed by atoms with van der Waals surface area (Å²) >= 11 is 0. The Morgan fingerprint density at radius 1 is 1.28 bits per heavy atom. The number of cyclic esters (lactones) is 2. The third-order valence-electron chi connectivity index (χ3n) is 2.01. The number of esters is 3. The summed E-state index contributed by atoms with van der Waals surface area (Å²) in [6.07, 6.45) is 1.14. The van der Waals surface area contributed by atoms with Crippen molar-refractivity contribution in [1.82, 2.24) is 0 Å². The quantitative estimate of drug-likeness (QED) is 0.453. The normalized spacial score (nSPS) is 11.8. The smallest absolute Gasteiger partial charge is 0.346 e. The molecule has 0 spiro atoms. The van der Waals surface area contributed by atoms with Gasteiger partial charge in [-0.1, -0.05) is 18.7 Å². The van der Waals surface area contributed by atoms with Crippen LogP contribution in [0.4, 0.5) is 0 Å². The van der Waals surface area contributed by atoms with E-state index in [0.717, 1.165) is 6.08 Å². The molecule has 1 aliphatic rings. The maximum absolute atomic E-state index is 10.8. The Hall–Kier alpha value is -2.43. The number of carbonyl (C=O) groups excluding carboxylic acids is 3. The van der Waals surface area contributed by atoms with Gasteiger partial charge >= 0.3 is 17.9 Å². The van der Waals surface area contributed by atoms with Crippen LogP contribution in [0.5, 0.6) is 0 Å². The Morgan fingerprint density at radius 3 is 2.11 bits per heavy atom. The predicted octanol–water partition coefficient (Wildman–Crippen LogP) is 1.73. The summed E-state index contributed by atoms with van der Waals surface area (Å²) in [5, 5.41) is 0. The Balaban J connectivity index is 0.000000203. The van der Waals surface area contributed by atoms with Crippen LogP contribution < -0.4 is 0 Å². The van der Waals surface area contributed by atoms with Gasteiger partial charge in [0.1, 0.15) is 0 Å². The van der Waals surface area contributed by atoms with Crippen LogP contribution >= 0.6 is 0 Å². The third kappa shape index (κ3) is 3.28. The number of rotatable bonds is 2. The van der Waals surface area contributed by atoms with Crippen molar-refractivity contribution in [3.05, 3.63) is 48.0 Å². The predicted molar refractivity (Wildman–Crippen MR) is 63.0 cm³/mol. The summed E-state index contributed by atoms with van der Waals surface area (Å²) in [5.41, 5.74) is 0.718. The van der Waals surface area contributed by atoms with Crippen LogP contribution in [-0.4, -0.2) is 24.5 Å². The SMILES string of the molecule is C=CC(=O)OCC.O=C1OC(=O)c2ccccc21. The van der Waals surface area contributed by atoms with Crippen molar-refractivity contribution >= 4 is 17.9 Å². The first-order valence-corrected chi connectivity index (χ1v) is 5.24. The zero-order valence-electron chi connectivity index (χ0n) is 9.84. The standard InChI is InChI=1S/C8H4O3.C5H8O2/c9-7-5-3-1-2-4-6(5)8(10)11-7;1-3-5(6)7-4-2/h1-4H;3H,1,4H2,2H3. The second kappa shape index (κ2) is 6.34. The van der Waals surface area contributed by atoms with Crippen molar-refractivity contribution in [2.45, 2.75) is 6.92 Å². The van der Waals surface area contributed by atoms with Crippen molar-refractivity contribution < 1.29 is 23.9 Å². The highest BCUT2D eigenvalue weighted by Crippen LogP contribution is 2.18. The summed E-state index contributed by atoms with van der Waals surface area (Å²) in [5.74, 6) is -1.46. The van der Waals surface area contributed by atoms with Gasteiger partial charge in [0.15, 0.2) is 0 Å². The highest BCUT2D eigenvalue weighted by Gasteiger charge is 2.28. The number of hydrogen-bond donors (Lipinski definition) is 0. The number of carbonyl (C=O) groups is 3. The molecule has 0 atom stereocenters. The molecule has 0 unspecified atom stereocenters. The molecule has 2 rings (SSSR count). The first-order valence-electron chi connectivity index (χ1n) is 5.24. The minimum atomic E-state index is -0.550. The lowest BCUT2D eigenvalue weighted by molar-refractivity contribution is -0.137. The minimum absolute atomic E-state index is 0.359. The first-order chi connectivity index (χ1) is 8.60. The molecule has 0 saturated carbocycles. The van der Waals surface area contributed by atoms with Gasteiger partial charge in [-0.25, -0.2) is 14.4 Å². The Labute approximate surface area is 104 Å². The number of benzene rings is 1. The zero-order chi connectivity index (χ0) is 13.5. The number of ether oxygens (including phenoxy) is 2. The molecule has 0 aliphatic carbocycles. The van der Waals surface area contributed by atoms with E-state index in [9.17, 15) is 14.4 Å². The van der Waals surface area contributed by atoms with Crippen LogP contribution in [-0.2, 0) is 14.3 Å². The molecule has 1 heterocycles. The first kappa shape index (κ1) is 13.6. The lowest BCUT2D eigenvalue weighted by Gasteiger charge is -1.90. The van der Waals surface area contributed by atoms with Gasteiger partial charge in [0.05, 0.1) is 17.7 Å². The maximum Gasteiger partial charge on any atom is 0.346 e. The largest absolute Gasteiger partial charge is 0.463 e. The topological polar surface area (TPSA) is 69.7 Å². The molecule has 94 valence electrons. The second-order valence-electron chi connectivity index (χ2n) is 3.18. The molecule has 1 aromatic carbocycles. The molecule has 1 aromatic rings. The van der Waals surface area contributed by atoms with Crippen LogP contribution in [0.25, 0.3) is 0 Å². The molecule has 18 heavy (non-hydrogen) atoms. The second-order valence-corrected chi connectivity index (χ2v) is 3.18. The molecule has 0 amide bonds. The lowest BCUT2D eigenvalue weighted by atomic mass is 10.1. The van der Waals surface area contributed by atoms with Crippen LogP contribution in [0.2, 0.25) is 0 Å². The highest BCUT2D eigenvalue weighted by molar-refractivity contribution is 6.14. The minimum Gasteiger partial charge on any atom is -0.463 e. The fraction of sp³-hybridized carbons (Fsp3) is 0.154. The van der Waals surface area contributed by atoms with Gasteiger partial charge < -0.3 is 9.47 Å². The van der Waals surface area contributed by atoms with Crippen LogP contribution in [0.1, 0.15) is 27.6 Å². The van der Waals surface area contributed by atoms with E-state index in [1.54, 1.807) is 31.2 Å². The Bertz CT molecular complexity index is 457. The molecule has 0 N–H and O–H groups in total. The zero-order valence-corrected chi connectivity index (χ0v) is 9.84. The molecular weight excluding hydrogens is 236 g/mol. The van der Waals surface area contributed by atoms with E-state index in [1.165, 1.54) is 0 Å². The fourth-order valence-corrected chi connectivity index (χ4v) is 1.23. The van der Waals surface area contributed by atoms with Crippen molar-refractivity contribution in [2.24, 2.45) is 0 Å². The average molecular weight is 248 g/mol. The third-order valence-corrected chi connectivity index (χ3v) is 2.01. The molecule has 0 bridgehead atoms. The van der Waals surface area contributed by atoms with Crippen molar-refractivity contribution in [3.63, 3.8) is 0 Å². The molecule has 5 heteroatoms. The van der Waals surface area contributed by atoms with E-state index in [2.05, 4.69) is 16.1 Å².